The van der Waals surface area contributed by atoms with Crippen LogP contribution in [0.4, 0.5) is 0 Å². The summed E-state index contributed by atoms with van der Waals surface area (Å²) in [5, 5.41) is 10.7. The minimum atomic E-state index is -0.366. The summed E-state index contributed by atoms with van der Waals surface area (Å²) in [7, 11) is 0. The van der Waals surface area contributed by atoms with Gasteiger partial charge >= 0.3 is 0 Å². The van der Waals surface area contributed by atoms with Gasteiger partial charge in [0.15, 0.2) is 0 Å². The predicted molar refractivity (Wildman–Crippen MR) is 70.5 cm³/mol. The van der Waals surface area contributed by atoms with Crippen LogP contribution < -0.4 is 0 Å². The Labute approximate surface area is 102 Å². The Morgan fingerprint density at radius 1 is 1.12 bits per heavy atom. The largest absolute Gasteiger partial charge is 0.390 e. The molecule has 0 aromatic carbocycles. The van der Waals surface area contributed by atoms with Crippen molar-refractivity contribution in [3.63, 3.8) is 0 Å². The van der Waals surface area contributed by atoms with Crippen LogP contribution >= 0.6 is 0 Å². The molecule has 96 valence electrons. The molecule has 1 saturated carbocycles. The van der Waals surface area contributed by atoms with Gasteiger partial charge in [-0.15, -0.1) is 0 Å². The summed E-state index contributed by atoms with van der Waals surface area (Å²) in [6.07, 6.45) is 9.38. The second-order valence-corrected chi connectivity index (χ2v) is 6.89. The van der Waals surface area contributed by atoms with Crippen molar-refractivity contribution in [3.8, 4) is 0 Å². The smallest absolute Gasteiger partial charge is 0.0655 e. The SMILES string of the molecule is CCCCCCC1(O)CC(C)CC(C)(C)C1. The maximum Gasteiger partial charge on any atom is 0.0655 e. The zero-order valence-corrected chi connectivity index (χ0v) is 11.7. The van der Waals surface area contributed by atoms with E-state index in [9.17, 15) is 5.11 Å². The van der Waals surface area contributed by atoms with Gasteiger partial charge < -0.3 is 5.11 Å². The molecule has 1 N–H and O–H groups in total. The van der Waals surface area contributed by atoms with E-state index in [0.717, 1.165) is 19.3 Å². The van der Waals surface area contributed by atoms with Crippen molar-refractivity contribution in [2.45, 2.75) is 84.7 Å². The highest BCUT2D eigenvalue weighted by molar-refractivity contribution is 4.92. The molecule has 1 fully saturated rings. The molecule has 1 heteroatoms. The molecule has 0 bridgehead atoms. The summed E-state index contributed by atoms with van der Waals surface area (Å²) in [4.78, 5) is 0. The van der Waals surface area contributed by atoms with E-state index in [-0.39, 0.29) is 5.60 Å². The van der Waals surface area contributed by atoms with Gasteiger partial charge in [0.2, 0.25) is 0 Å². The molecule has 1 aliphatic rings. The Balaban J connectivity index is 2.42. The van der Waals surface area contributed by atoms with Crippen LogP contribution in [0.3, 0.4) is 0 Å². The lowest BCUT2D eigenvalue weighted by Gasteiger charge is -2.44. The summed E-state index contributed by atoms with van der Waals surface area (Å²) in [6, 6.07) is 0. The lowest BCUT2D eigenvalue weighted by atomic mass is 9.64. The van der Waals surface area contributed by atoms with Gasteiger partial charge in [-0.25, -0.2) is 0 Å². The van der Waals surface area contributed by atoms with E-state index in [2.05, 4.69) is 27.7 Å². The summed E-state index contributed by atoms with van der Waals surface area (Å²) >= 11 is 0. The summed E-state index contributed by atoms with van der Waals surface area (Å²) in [5.74, 6) is 0.680. The average Bonchev–Trinajstić information content (AvgIpc) is 2.08. The van der Waals surface area contributed by atoms with Gasteiger partial charge in [0.05, 0.1) is 5.60 Å². The molecular formula is C15H30O. The monoisotopic (exact) mass is 226 g/mol. The van der Waals surface area contributed by atoms with Crippen molar-refractivity contribution in [3.05, 3.63) is 0 Å². The molecule has 0 saturated heterocycles. The van der Waals surface area contributed by atoms with Gasteiger partial charge in [0, 0.05) is 0 Å². The Bertz CT molecular complexity index is 209. The van der Waals surface area contributed by atoms with Crippen molar-refractivity contribution < 1.29 is 5.11 Å². The first kappa shape index (κ1) is 14.0. The van der Waals surface area contributed by atoms with Crippen LogP contribution in [0.25, 0.3) is 0 Å². The number of aliphatic hydroxyl groups is 1. The fraction of sp³-hybridized carbons (Fsp3) is 1.00. The standard InChI is InChI=1S/C15H30O/c1-5-6-7-8-9-15(16)11-13(2)10-14(3,4)12-15/h13,16H,5-12H2,1-4H3. The average molecular weight is 226 g/mol. The highest BCUT2D eigenvalue weighted by Gasteiger charge is 2.40. The topological polar surface area (TPSA) is 20.2 Å². The quantitative estimate of drug-likeness (QED) is 0.683. The second kappa shape index (κ2) is 5.53. The maximum absolute atomic E-state index is 10.7. The van der Waals surface area contributed by atoms with Crippen LogP contribution in [0.5, 0.6) is 0 Å². The van der Waals surface area contributed by atoms with Gasteiger partial charge in [-0.3, -0.25) is 0 Å². The second-order valence-electron chi connectivity index (χ2n) is 6.89. The number of hydrogen-bond donors (Lipinski definition) is 1. The molecule has 0 aliphatic heterocycles. The van der Waals surface area contributed by atoms with Crippen molar-refractivity contribution in [1.82, 2.24) is 0 Å². The van der Waals surface area contributed by atoms with E-state index >= 15 is 0 Å². The highest BCUT2D eigenvalue weighted by Crippen LogP contribution is 2.45. The Morgan fingerprint density at radius 2 is 1.81 bits per heavy atom. The van der Waals surface area contributed by atoms with Crippen LogP contribution in [0.2, 0.25) is 0 Å². The third kappa shape index (κ3) is 4.45. The zero-order valence-electron chi connectivity index (χ0n) is 11.7. The van der Waals surface area contributed by atoms with Crippen molar-refractivity contribution in [2.24, 2.45) is 11.3 Å². The fourth-order valence-electron chi connectivity index (χ4n) is 3.77. The van der Waals surface area contributed by atoms with E-state index in [4.69, 9.17) is 0 Å². The molecule has 0 heterocycles. The number of hydrogen-bond acceptors (Lipinski definition) is 1. The summed E-state index contributed by atoms with van der Waals surface area (Å²) < 4.78 is 0. The van der Waals surface area contributed by atoms with E-state index in [0.29, 0.717) is 11.3 Å². The molecule has 0 aromatic heterocycles. The lowest BCUT2D eigenvalue weighted by Crippen LogP contribution is -2.42. The minimum Gasteiger partial charge on any atom is -0.390 e. The minimum absolute atomic E-state index is 0.331. The molecule has 0 aromatic rings. The number of rotatable bonds is 5. The zero-order chi connectivity index (χ0) is 12.2. The molecular weight excluding hydrogens is 196 g/mol. The Hall–Kier alpha value is -0.0400. The van der Waals surface area contributed by atoms with E-state index in [1.54, 1.807) is 0 Å². The van der Waals surface area contributed by atoms with Gasteiger partial charge in [-0.05, 0) is 37.0 Å². The first-order valence-corrected chi connectivity index (χ1v) is 7.09. The third-order valence-corrected chi connectivity index (χ3v) is 3.93. The van der Waals surface area contributed by atoms with Crippen molar-refractivity contribution in [1.29, 1.82) is 0 Å². The van der Waals surface area contributed by atoms with Crippen LogP contribution in [-0.2, 0) is 0 Å². The molecule has 1 nitrogen and oxygen atoms in total. The van der Waals surface area contributed by atoms with Gasteiger partial charge in [-0.1, -0.05) is 53.4 Å². The lowest BCUT2D eigenvalue weighted by molar-refractivity contribution is -0.0650. The van der Waals surface area contributed by atoms with E-state index in [1.807, 2.05) is 0 Å². The molecule has 0 amide bonds. The molecule has 2 unspecified atom stereocenters. The first-order chi connectivity index (χ1) is 7.37. The Morgan fingerprint density at radius 3 is 2.38 bits per heavy atom. The van der Waals surface area contributed by atoms with Crippen LogP contribution in [0.1, 0.15) is 79.1 Å². The Kier molecular flexibility index (Phi) is 4.85. The van der Waals surface area contributed by atoms with Gasteiger partial charge in [-0.2, -0.15) is 0 Å². The van der Waals surface area contributed by atoms with E-state index < -0.39 is 0 Å². The first-order valence-electron chi connectivity index (χ1n) is 7.09. The normalized spacial score (nSPS) is 33.9. The molecule has 0 radical (unpaired) electrons. The van der Waals surface area contributed by atoms with Crippen molar-refractivity contribution >= 4 is 0 Å². The predicted octanol–water partition coefficient (Wildman–Crippen LogP) is 4.53. The van der Waals surface area contributed by atoms with Crippen LogP contribution in [-0.4, -0.2) is 10.7 Å². The molecule has 16 heavy (non-hydrogen) atoms. The van der Waals surface area contributed by atoms with E-state index in [1.165, 1.54) is 32.1 Å². The van der Waals surface area contributed by atoms with Gasteiger partial charge in [0.1, 0.15) is 0 Å². The molecule has 1 rings (SSSR count). The molecule has 0 spiro atoms. The molecule has 1 aliphatic carbocycles. The molecule has 2 atom stereocenters. The third-order valence-electron chi connectivity index (χ3n) is 3.93. The van der Waals surface area contributed by atoms with Crippen LogP contribution in [0.15, 0.2) is 0 Å². The fourth-order valence-corrected chi connectivity index (χ4v) is 3.77. The van der Waals surface area contributed by atoms with Crippen LogP contribution in [0, 0.1) is 11.3 Å². The number of unbranched alkanes of at least 4 members (excludes halogenated alkanes) is 3. The van der Waals surface area contributed by atoms with Gasteiger partial charge in [0.25, 0.3) is 0 Å². The summed E-state index contributed by atoms with van der Waals surface area (Å²) in [6.45, 7) is 9.14. The van der Waals surface area contributed by atoms with Crippen molar-refractivity contribution in [2.75, 3.05) is 0 Å². The summed E-state index contributed by atoms with van der Waals surface area (Å²) in [5.41, 5.74) is -0.0356. The highest BCUT2D eigenvalue weighted by atomic mass is 16.3. The maximum atomic E-state index is 10.7.